The Hall–Kier alpha value is -2.11. The fourth-order valence-corrected chi connectivity index (χ4v) is 1.08. The Morgan fingerprint density at radius 3 is 2.75 bits per heavy atom. The molecule has 0 spiro atoms. The molecule has 0 aliphatic carbocycles. The predicted octanol–water partition coefficient (Wildman–Crippen LogP) is 0.342. The number of carbonyl (C=O) groups excluding carboxylic acids is 1. The van der Waals surface area contributed by atoms with E-state index < -0.39 is 11.9 Å². The molecule has 86 valence electrons. The zero-order valence-corrected chi connectivity index (χ0v) is 8.77. The van der Waals surface area contributed by atoms with Crippen molar-refractivity contribution in [2.24, 2.45) is 5.73 Å². The van der Waals surface area contributed by atoms with Crippen molar-refractivity contribution in [1.82, 2.24) is 4.98 Å². The first kappa shape index (κ1) is 12.0. The van der Waals surface area contributed by atoms with Crippen LogP contribution in [0.25, 0.3) is 0 Å². The molecule has 0 saturated heterocycles. The van der Waals surface area contributed by atoms with E-state index in [1.165, 1.54) is 6.07 Å². The quantitative estimate of drug-likeness (QED) is 0.750. The number of hydrogen-bond donors (Lipinski definition) is 2. The Morgan fingerprint density at radius 1 is 1.50 bits per heavy atom. The molecule has 1 aromatic rings. The van der Waals surface area contributed by atoms with Gasteiger partial charge in [-0.1, -0.05) is 0 Å². The van der Waals surface area contributed by atoms with E-state index in [0.29, 0.717) is 5.69 Å². The van der Waals surface area contributed by atoms with Crippen molar-refractivity contribution < 1.29 is 19.4 Å². The number of carboxylic acids is 1. The second-order valence-corrected chi connectivity index (χ2v) is 3.17. The molecule has 0 fully saturated rings. The van der Waals surface area contributed by atoms with Gasteiger partial charge in [0.15, 0.2) is 11.4 Å². The lowest BCUT2D eigenvalue weighted by atomic mass is 10.3. The maximum absolute atomic E-state index is 10.8. The summed E-state index contributed by atoms with van der Waals surface area (Å²) in [5.74, 6) is -1.53. The van der Waals surface area contributed by atoms with Crippen molar-refractivity contribution in [2.75, 3.05) is 6.61 Å². The molecule has 0 bridgehead atoms. The molecule has 0 radical (unpaired) electrons. The summed E-state index contributed by atoms with van der Waals surface area (Å²) in [6.45, 7) is 1.72. The molecular formula is C10H12N2O4. The first-order valence-electron chi connectivity index (χ1n) is 4.62. The number of pyridine rings is 1. The number of aromatic nitrogens is 1. The summed E-state index contributed by atoms with van der Waals surface area (Å²) in [7, 11) is 0. The van der Waals surface area contributed by atoms with Gasteiger partial charge in [0.25, 0.3) is 0 Å². The fraction of sp³-hybridized carbons (Fsp3) is 0.300. The maximum Gasteiger partial charge on any atom is 0.358 e. The van der Waals surface area contributed by atoms with Crippen molar-refractivity contribution in [3.8, 4) is 5.75 Å². The van der Waals surface area contributed by atoms with E-state index in [4.69, 9.17) is 15.6 Å². The van der Waals surface area contributed by atoms with Crippen LogP contribution in [0.4, 0.5) is 0 Å². The number of hydrogen-bond acceptors (Lipinski definition) is 4. The van der Waals surface area contributed by atoms with Crippen LogP contribution in [0.2, 0.25) is 0 Å². The van der Waals surface area contributed by atoms with E-state index in [1.807, 2.05) is 0 Å². The van der Waals surface area contributed by atoms with Gasteiger partial charge in [-0.05, 0) is 19.1 Å². The standard InChI is InChI=1S/C10H12N2O4/c1-6-2-3-7(9(12-6)10(14)15)16-5-4-8(11)13/h2-3H,4-5H2,1H3,(H2,11,13)(H,14,15). The lowest BCUT2D eigenvalue weighted by Crippen LogP contribution is -2.15. The predicted molar refractivity (Wildman–Crippen MR) is 55.2 cm³/mol. The third-order valence-electron chi connectivity index (χ3n) is 1.81. The smallest absolute Gasteiger partial charge is 0.358 e. The Bertz CT molecular complexity index is 417. The summed E-state index contributed by atoms with van der Waals surface area (Å²) in [6, 6.07) is 3.14. The Labute approximate surface area is 92.0 Å². The normalized spacial score (nSPS) is 9.81. The van der Waals surface area contributed by atoms with Crippen LogP contribution in [0, 0.1) is 6.92 Å². The Balaban J connectivity index is 2.78. The summed E-state index contributed by atoms with van der Waals surface area (Å²) in [5.41, 5.74) is 5.35. The second-order valence-electron chi connectivity index (χ2n) is 3.17. The van der Waals surface area contributed by atoms with E-state index in [2.05, 4.69) is 4.98 Å². The second kappa shape index (κ2) is 5.11. The molecule has 0 aliphatic heterocycles. The van der Waals surface area contributed by atoms with Crippen LogP contribution >= 0.6 is 0 Å². The highest BCUT2D eigenvalue weighted by Crippen LogP contribution is 2.16. The molecule has 0 aromatic carbocycles. The Kier molecular flexibility index (Phi) is 3.82. The van der Waals surface area contributed by atoms with Gasteiger partial charge < -0.3 is 15.6 Å². The lowest BCUT2D eigenvalue weighted by Gasteiger charge is -2.07. The molecule has 16 heavy (non-hydrogen) atoms. The summed E-state index contributed by atoms with van der Waals surface area (Å²) in [6.07, 6.45) is 0.0347. The van der Waals surface area contributed by atoms with E-state index in [1.54, 1.807) is 13.0 Å². The molecule has 1 aromatic heterocycles. The number of ether oxygens (including phenoxy) is 1. The number of nitrogens with two attached hydrogens (primary N) is 1. The molecule has 0 unspecified atom stereocenters. The zero-order chi connectivity index (χ0) is 12.1. The number of rotatable bonds is 5. The minimum Gasteiger partial charge on any atom is -0.490 e. The summed E-state index contributed by atoms with van der Waals surface area (Å²) >= 11 is 0. The summed E-state index contributed by atoms with van der Waals surface area (Å²) in [4.78, 5) is 25.1. The molecule has 0 aliphatic rings. The molecule has 0 atom stereocenters. The van der Waals surface area contributed by atoms with Gasteiger partial charge in [-0.2, -0.15) is 0 Å². The highest BCUT2D eigenvalue weighted by Gasteiger charge is 2.13. The number of nitrogens with zero attached hydrogens (tertiary/aromatic N) is 1. The molecule has 0 saturated carbocycles. The largest absolute Gasteiger partial charge is 0.490 e. The first-order valence-corrected chi connectivity index (χ1v) is 4.62. The van der Waals surface area contributed by atoms with Crippen LogP contribution in [-0.2, 0) is 4.79 Å². The number of carbonyl (C=O) groups is 2. The average Bonchev–Trinajstić information content (AvgIpc) is 2.19. The van der Waals surface area contributed by atoms with Crippen molar-refractivity contribution in [3.05, 3.63) is 23.5 Å². The average molecular weight is 224 g/mol. The lowest BCUT2D eigenvalue weighted by molar-refractivity contribution is -0.118. The monoisotopic (exact) mass is 224 g/mol. The van der Waals surface area contributed by atoms with Crippen LogP contribution in [0.3, 0.4) is 0 Å². The molecule has 3 N–H and O–H groups in total. The molecule has 6 heteroatoms. The van der Waals surface area contributed by atoms with E-state index in [-0.39, 0.29) is 24.5 Å². The Morgan fingerprint density at radius 2 is 2.19 bits per heavy atom. The number of primary amides is 1. The van der Waals surface area contributed by atoms with Gasteiger partial charge >= 0.3 is 5.97 Å². The molecular weight excluding hydrogens is 212 g/mol. The van der Waals surface area contributed by atoms with Crippen LogP contribution in [0.15, 0.2) is 12.1 Å². The van der Waals surface area contributed by atoms with Gasteiger partial charge in [-0.25, -0.2) is 9.78 Å². The number of aryl methyl sites for hydroxylation is 1. The summed E-state index contributed by atoms with van der Waals surface area (Å²) in [5, 5.41) is 8.86. The third-order valence-corrected chi connectivity index (χ3v) is 1.81. The van der Waals surface area contributed by atoms with Gasteiger partial charge in [0.2, 0.25) is 5.91 Å². The van der Waals surface area contributed by atoms with Gasteiger partial charge in [-0.15, -0.1) is 0 Å². The van der Waals surface area contributed by atoms with Gasteiger partial charge in [0, 0.05) is 5.69 Å². The van der Waals surface area contributed by atoms with Crippen LogP contribution in [0.1, 0.15) is 22.6 Å². The molecule has 1 heterocycles. The van der Waals surface area contributed by atoms with Gasteiger partial charge in [-0.3, -0.25) is 4.79 Å². The SMILES string of the molecule is Cc1ccc(OCCC(N)=O)c(C(=O)O)n1. The van der Waals surface area contributed by atoms with Crippen LogP contribution in [-0.4, -0.2) is 28.6 Å². The van der Waals surface area contributed by atoms with Crippen molar-refractivity contribution in [1.29, 1.82) is 0 Å². The number of aromatic carboxylic acids is 1. The molecule has 1 amide bonds. The highest BCUT2D eigenvalue weighted by atomic mass is 16.5. The topological polar surface area (TPSA) is 103 Å². The van der Waals surface area contributed by atoms with Crippen LogP contribution in [0.5, 0.6) is 5.75 Å². The van der Waals surface area contributed by atoms with Crippen molar-refractivity contribution >= 4 is 11.9 Å². The third kappa shape index (κ3) is 3.23. The minimum atomic E-state index is -1.17. The first-order chi connectivity index (χ1) is 7.50. The van der Waals surface area contributed by atoms with E-state index in [9.17, 15) is 9.59 Å². The van der Waals surface area contributed by atoms with Gasteiger partial charge in [0.05, 0.1) is 13.0 Å². The number of carboxylic acid groups (broad SMARTS) is 1. The zero-order valence-electron chi connectivity index (χ0n) is 8.77. The fourth-order valence-electron chi connectivity index (χ4n) is 1.08. The summed E-state index contributed by atoms with van der Waals surface area (Å²) < 4.78 is 5.12. The highest BCUT2D eigenvalue weighted by molar-refractivity contribution is 5.88. The van der Waals surface area contributed by atoms with E-state index >= 15 is 0 Å². The van der Waals surface area contributed by atoms with Crippen molar-refractivity contribution in [3.63, 3.8) is 0 Å². The molecule has 6 nitrogen and oxygen atoms in total. The maximum atomic E-state index is 10.8. The van der Waals surface area contributed by atoms with Gasteiger partial charge in [0.1, 0.15) is 0 Å². The minimum absolute atomic E-state index is 0.0347. The van der Waals surface area contributed by atoms with Crippen LogP contribution < -0.4 is 10.5 Å². The van der Waals surface area contributed by atoms with E-state index in [0.717, 1.165) is 0 Å². The van der Waals surface area contributed by atoms with Crippen molar-refractivity contribution in [2.45, 2.75) is 13.3 Å². The molecule has 1 rings (SSSR count). The number of amides is 1.